The van der Waals surface area contributed by atoms with E-state index in [1.54, 1.807) is 32.0 Å². The highest BCUT2D eigenvalue weighted by Gasteiger charge is 2.37. The number of benzene rings is 1. The van der Waals surface area contributed by atoms with Gasteiger partial charge in [0.25, 0.3) is 0 Å². The third-order valence-electron chi connectivity index (χ3n) is 4.70. The first-order valence-corrected chi connectivity index (χ1v) is 9.59. The molecule has 3 rings (SSSR count). The van der Waals surface area contributed by atoms with E-state index in [0.29, 0.717) is 51.0 Å². The number of halogens is 2. The number of Topliss-reactive ketones (excluding diaryl/α,β-unsaturated/α-hetero) is 1. The van der Waals surface area contributed by atoms with Crippen molar-refractivity contribution in [1.82, 2.24) is 4.98 Å². The van der Waals surface area contributed by atoms with Gasteiger partial charge < -0.3 is 4.74 Å². The van der Waals surface area contributed by atoms with Crippen LogP contribution in [0.3, 0.4) is 0 Å². The highest BCUT2D eigenvalue weighted by Crippen LogP contribution is 2.43. The monoisotopic (exact) mass is 405 g/mol. The molecule has 2 aromatic rings. The van der Waals surface area contributed by atoms with Crippen molar-refractivity contribution in [2.75, 3.05) is 6.61 Å². The van der Waals surface area contributed by atoms with Gasteiger partial charge in [0.15, 0.2) is 5.78 Å². The predicted molar refractivity (Wildman–Crippen MR) is 107 cm³/mol. The third-order valence-corrected chi connectivity index (χ3v) is 5.24. The maximum atomic E-state index is 13.1. The van der Waals surface area contributed by atoms with Crippen LogP contribution >= 0.6 is 23.2 Å². The van der Waals surface area contributed by atoms with E-state index in [1.807, 2.05) is 13.8 Å². The second-order valence-corrected chi connectivity index (χ2v) is 8.40. The fraction of sp³-hybridized carbons (Fsp3) is 0.381. The first-order valence-electron chi connectivity index (χ1n) is 8.84. The van der Waals surface area contributed by atoms with Crippen molar-refractivity contribution in [2.45, 2.75) is 40.5 Å². The molecule has 0 spiro atoms. The zero-order chi connectivity index (χ0) is 19.9. The number of hydrogen-bond donors (Lipinski definition) is 0. The number of aryl methyl sites for hydroxylation is 1. The van der Waals surface area contributed by atoms with Crippen molar-refractivity contribution < 1.29 is 14.3 Å². The molecule has 0 radical (unpaired) electrons. The van der Waals surface area contributed by atoms with Crippen molar-refractivity contribution >= 4 is 35.0 Å². The number of pyridine rings is 1. The Balaban J connectivity index is 2.38. The Kier molecular flexibility index (Phi) is 5.33. The topological polar surface area (TPSA) is 56.3 Å². The summed E-state index contributed by atoms with van der Waals surface area (Å²) in [5.41, 5.74) is 2.87. The summed E-state index contributed by atoms with van der Waals surface area (Å²) in [6, 6.07) is 5.03. The van der Waals surface area contributed by atoms with Gasteiger partial charge >= 0.3 is 5.97 Å². The quantitative estimate of drug-likeness (QED) is 0.614. The van der Waals surface area contributed by atoms with Gasteiger partial charge in [0.05, 0.1) is 23.6 Å². The molecule has 1 aromatic heterocycles. The minimum Gasteiger partial charge on any atom is -0.462 e. The largest absolute Gasteiger partial charge is 0.462 e. The molecular formula is C21H21Cl2NO3. The molecule has 142 valence electrons. The smallest absolute Gasteiger partial charge is 0.340 e. The molecule has 6 heteroatoms. The first kappa shape index (κ1) is 19.8. The molecular weight excluding hydrogens is 385 g/mol. The van der Waals surface area contributed by atoms with Crippen LogP contribution in [-0.4, -0.2) is 23.3 Å². The fourth-order valence-corrected chi connectivity index (χ4v) is 4.15. The molecule has 0 saturated heterocycles. The van der Waals surface area contributed by atoms with Crippen LogP contribution in [0.4, 0.5) is 0 Å². The number of rotatable bonds is 3. The Morgan fingerprint density at radius 2 is 1.93 bits per heavy atom. The highest BCUT2D eigenvalue weighted by atomic mass is 35.5. The Hall–Kier alpha value is -1.91. The molecule has 1 heterocycles. The van der Waals surface area contributed by atoms with Gasteiger partial charge in [-0.15, -0.1) is 0 Å². The third kappa shape index (κ3) is 3.74. The Bertz CT molecular complexity index is 951. The molecule has 1 aromatic carbocycles. The Morgan fingerprint density at radius 3 is 2.56 bits per heavy atom. The minimum absolute atomic E-state index is 0.0414. The standard InChI is InChI=1S/C21H21Cl2NO3/c1-5-27-20(26)17-11(2)24-15-9-21(3,4)10-16(25)19(15)18(17)13-7-6-12(22)8-14(13)23/h6-8H,5,9-10H2,1-4H3. The van der Waals surface area contributed by atoms with Gasteiger partial charge in [-0.25, -0.2) is 4.79 Å². The predicted octanol–water partition coefficient (Wildman–Crippen LogP) is 5.70. The van der Waals surface area contributed by atoms with Crippen molar-refractivity contribution in [3.05, 3.63) is 50.8 Å². The van der Waals surface area contributed by atoms with Crippen molar-refractivity contribution in [2.24, 2.45) is 5.41 Å². The lowest BCUT2D eigenvalue weighted by atomic mass is 9.73. The number of carbonyl (C=O) groups is 2. The summed E-state index contributed by atoms with van der Waals surface area (Å²) in [5, 5.41) is 0.854. The van der Waals surface area contributed by atoms with Crippen LogP contribution in [0.1, 0.15) is 59.3 Å². The zero-order valence-electron chi connectivity index (χ0n) is 15.8. The Morgan fingerprint density at radius 1 is 1.22 bits per heavy atom. The highest BCUT2D eigenvalue weighted by molar-refractivity contribution is 6.37. The number of fused-ring (bicyclic) bond motifs is 1. The lowest BCUT2D eigenvalue weighted by Gasteiger charge is -2.31. The number of ether oxygens (including phenoxy) is 1. The van der Waals surface area contributed by atoms with E-state index in [1.165, 1.54) is 0 Å². The van der Waals surface area contributed by atoms with Crippen molar-refractivity contribution in [3.63, 3.8) is 0 Å². The molecule has 0 aliphatic heterocycles. The normalized spacial score (nSPS) is 15.4. The zero-order valence-corrected chi connectivity index (χ0v) is 17.3. The number of hydrogen-bond acceptors (Lipinski definition) is 4. The molecule has 0 bridgehead atoms. The summed E-state index contributed by atoms with van der Waals surface area (Å²) in [5.74, 6) is -0.552. The number of nitrogens with zero attached hydrogens (tertiary/aromatic N) is 1. The van der Waals surface area contributed by atoms with Gasteiger partial charge in [-0.05, 0) is 37.8 Å². The average molecular weight is 406 g/mol. The van der Waals surface area contributed by atoms with E-state index in [-0.39, 0.29) is 23.4 Å². The maximum Gasteiger partial charge on any atom is 0.340 e. The minimum atomic E-state index is -0.510. The van der Waals surface area contributed by atoms with Crippen LogP contribution in [0.15, 0.2) is 18.2 Å². The van der Waals surface area contributed by atoms with E-state index >= 15 is 0 Å². The summed E-state index contributed by atoms with van der Waals surface area (Å²) in [6.45, 7) is 7.80. The van der Waals surface area contributed by atoms with Gasteiger partial charge in [0, 0.05) is 33.2 Å². The van der Waals surface area contributed by atoms with E-state index in [0.717, 1.165) is 0 Å². The number of esters is 1. The van der Waals surface area contributed by atoms with Gasteiger partial charge in [0.1, 0.15) is 0 Å². The van der Waals surface area contributed by atoms with E-state index in [9.17, 15) is 9.59 Å². The molecule has 0 N–H and O–H groups in total. The maximum absolute atomic E-state index is 13.1. The number of ketones is 1. The fourth-order valence-electron chi connectivity index (χ4n) is 3.65. The van der Waals surface area contributed by atoms with Crippen LogP contribution in [0.5, 0.6) is 0 Å². The van der Waals surface area contributed by atoms with E-state index in [2.05, 4.69) is 4.98 Å². The molecule has 0 atom stereocenters. The van der Waals surface area contributed by atoms with Gasteiger partial charge in [0.2, 0.25) is 0 Å². The van der Waals surface area contributed by atoms with Crippen molar-refractivity contribution in [1.29, 1.82) is 0 Å². The van der Waals surface area contributed by atoms with Crippen LogP contribution in [0.2, 0.25) is 10.0 Å². The summed E-state index contributed by atoms with van der Waals surface area (Å²) < 4.78 is 5.24. The van der Waals surface area contributed by atoms with Crippen LogP contribution in [0.25, 0.3) is 11.1 Å². The molecule has 0 amide bonds. The lowest BCUT2D eigenvalue weighted by Crippen LogP contribution is -2.30. The van der Waals surface area contributed by atoms with Crippen LogP contribution in [-0.2, 0) is 11.2 Å². The molecule has 0 unspecified atom stereocenters. The van der Waals surface area contributed by atoms with Gasteiger partial charge in [-0.3, -0.25) is 9.78 Å². The first-order chi connectivity index (χ1) is 12.6. The molecule has 4 nitrogen and oxygen atoms in total. The van der Waals surface area contributed by atoms with Gasteiger partial charge in [-0.2, -0.15) is 0 Å². The molecule has 0 saturated carbocycles. The SMILES string of the molecule is CCOC(=O)c1c(C)nc2c(c1-c1ccc(Cl)cc1Cl)C(=O)CC(C)(C)C2. The summed E-state index contributed by atoms with van der Waals surface area (Å²) >= 11 is 12.5. The van der Waals surface area contributed by atoms with E-state index in [4.69, 9.17) is 27.9 Å². The number of aromatic nitrogens is 1. The molecule has 1 aliphatic carbocycles. The summed E-state index contributed by atoms with van der Waals surface area (Å²) in [7, 11) is 0. The Labute approximate surface area is 168 Å². The van der Waals surface area contributed by atoms with Crippen molar-refractivity contribution in [3.8, 4) is 11.1 Å². The molecule has 1 aliphatic rings. The summed E-state index contributed by atoms with van der Waals surface area (Å²) in [4.78, 5) is 30.4. The van der Waals surface area contributed by atoms with Crippen LogP contribution < -0.4 is 0 Å². The second-order valence-electron chi connectivity index (χ2n) is 7.55. The lowest BCUT2D eigenvalue weighted by molar-refractivity contribution is 0.0526. The van der Waals surface area contributed by atoms with E-state index < -0.39 is 5.97 Å². The number of carbonyl (C=O) groups excluding carboxylic acids is 2. The van der Waals surface area contributed by atoms with Crippen LogP contribution in [0, 0.1) is 12.3 Å². The average Bonchev–Trinajstić information content (AvgIpc) is 2.52. The molecule has 0 fully saturated rings. The molecule has 27 heavy (non-hydrogen) atoms. The summed E-state index contributed by atoms with van der Waals surface area (Å²) in [6.07, 6.45) is 1.03. The second kappa shape index (κ2) is 7.25. The van der Waals surface area contributed by atoms with Gasteiger partial charge in [-0.1, -0.05) is 43.1 Å².